The van der Waals surface area contributed by atoms with Crippen molar-refractivity contribution in [1.82, 2.24) is 30.2 Å². The summed E-state index contributed by atoms with van der Waals surface area (Å²) in [7, 11) is 0. The van der Waals surface area contributed by atoms with Crippen LogP contribution in [0.15, 0.2) is 46.8 Å². The molecule has 3 rings (SSSR count). The zero-order valence-electron chi connectivity index (χ0n) is 10.0. The first-order valence-corrected chi connectivity index (χ1v) is 6.73. The molecule has 0 radical (unpaired) electrons. The Bertz CT molecular complexity index is 731. The van der Waals surface area contributed by atoms with Gasteiger partial charge in [0.05, 0.1) is 5.69 Å². The molecule has 2 N–H and O–H groups in total. The van der Waals surface area contributed by atoms with E-state index in [9.17, 15) is 0 Å². The lowest BCUT2D eigenvalue weighted by Crippen LogP contribution is -1.99. The summed E-state index contributed by atoms with van der Waals surface area (Å²) >= 11 is 7.28. The number of halogens is 1. The summed E-state index contributed by atoms with van der Waals surface area (Å²) < 4.78 is 1.60. The van der Waals surface area contributed by atoms with Gasteiger partial charge in [0, 0.05) is 0 Å². The number of para-hydroxylation sites is 1. The molecule has 100 valence electrons. The van der Waals surface area contributed by atoms with Crippen molar-refractivity contribution < 1.29 is 0 Å². The van der Waals surface area contributed by atoms with E-state index >= 15 is 0 Å². The minimum atomic E-state index is 0.225. The number of hydrogen-bond donors (Lipinski definition) is 1. The molecule has 2 heterocycles. The molecule has 0 aliphatic carbocycles. The van der Waals surface area contributed by atoms with Crippen molar-refractivity contribution in [2.45, 2.75) is 10.2 Å². The maximum Gasteiger partial charge on any atom is 0.220 e. The highest BCUT2D eigenvalue weighted by atomic mass is 35.5. The van der Waals surface area contributed by atoms with E-state index in [-0.39, 0.29) is 5.82 Å². The van der Waals surface area contributed by atoms with Gasteiger partial charge in [0.1, 0.15) is 22.2 Å². The first-order chi connectivity index (χ1) is 9.75. The number of nitrogens with two attached hydrogens (primary N) is 1. The first-order valence-electron chi connectivity index (χ1n) is 5.53. The van der Waals surface area contributed by atoms with Crippen molar-refractivity contribution in [1.29, 1.82) is 0 Å². The zero-order valence-corrected chi connectivity index (χ0v) is 11.6. The Morgan fingerprint density at radius 3 is 2.75 bits per heavy atom. The lowest BCUT2D eigenvalue weighted by molar-refractivity contribution is 0.756. The van der Waals surface area contributed by atoms with Gasteiger partial charge in [-0.2, -0.15) is 4.68 Å². The van der Waals surface area contributed by atoms with Gasteiger partial charge in [-0.15, -0.1) is 5.10 Å². The van der Waals surface area contributed by atoms with Crippen LogP contribution in [0.2, 0.25) is 5.02 Å². The molecule has 0 aliphatic heterocycles. The van der Waals surface area contributed by atoms with Gasteiger partial charge < -0.3 is 5.73 Å². The molecule has 20 heavy (non-hydrogen) atoms. The summed E-state index contributed by atoms with van der Waals surface area (Å²) in [6.07, 6.45) is 1.35. The van der Waals surface area contributed by atoms with Crippen molar-refractivity contribution in [3.8, 4) is 5.69 Å². The van der Waals surface area contributed by atoms with Crippen molar-refractivity contribution in [3.05, 3.63) is 41.7 Å². The molecule has 0 unspecified atom stereocenters. The number of nitrogens with zero attached hydrogens (tertiary/aromatic N) is 6. The predicted octanol–water partition coefficient (Wildman–Crippen LogP) is 1.84. The summed E-state index contributed by atoms with van der Waals surface area (Å²) in [5.41, 5.74) is 6.49. The van der Waals surface area contributed by atoms with Crippen molar-refractivity contribution in [2.24, 2.45) is 0 Å². The molecular formula is C11H8ClN7S. The molecule has 9 heteroatoms. The Labute approximate surface area is 123 Å². The van der Waals surface area contributed by atoms with Crippen LogP contribution in [0.5, 0.6) is 0 Å². The summed E-state index contributed by atoms with van der Waals surface area (Å²) in [5, 5.41) is 12.9. The second-order valence-electron chi connectivity index (χ2n) is 3.69. The molecule has 0 saturated heterocycles. The number of aromatic nitrogens is 6. The molecule has 7 nitrogen and oxygen atoms in total. The van der Waals surface area contributed by atoms with Gasteiger partial charge in [-0.05, 0) is 34.3 Å². The summed E-state index contributed by atoms with van der Waals surface area (Å²) in [6, 6.07) is 9.53. The Balaban J connectivity index is 1.97. The van der Waals surface area contributed by atoms with E-state index in [1.807, 2.05) is 30.3 Å². The molecule has 0 spiro atoms. The summed E-state index contributed by atoms with van der Waals surface area (Å²) in [4.78, 5) is 7.89. The van der Waals surface area contributed by atoms with Crippen molar-refractivity contribution in [3.63, 3.8) is 0 Å². The lowest BCUT2D eigenvalue weighted by atomic mass is 10.3. The van der Waals surface area contributed by atoms with Crippen LogP contribution in [0.1, 0.15) is 0 Å². The molecular weight excluding hydrogens is 298 g/mol. The van der Waals surface area contributed by atoms with Crippen LogP contribution in [0.25, 0.3) is 5.69 Å². The van der Waals surface area contributed by atoms with E-state index in [1.165, 1.54) is 18.1 Å². The van der Waals surface area contributed by atoms with E-state index in [0.29, 0.717) is 15.2 Å². The van der Waals surface area contributed by atoms with Crippen LogP contribution >= 0.6 is 23.4 Å². The van der Waals surface area contributed by atoms with Gasteiger partial charge in [-0.3, -0.25) is 0 Å². The Morgan fingerprint density at radius 1 is 1.15 bits per heavy atom. The Kier molecular flexibility index (Phi) is 3.48. The molecule has 0 fully saturated rings. The Hall–Kier alpha value is -2.19. The molecule has 0 aliphatic rings. The van der Waals surface area contributed by atoms with E-state index in [2.05, 4.69) is 25.5 Å². The fourth-order valence-corrected chi connectivity index (χ4v) is 2.48. The average Bonchev–Trinajstić information content (AvgIpc) is 2.93. The number of anilines is 1. The third kappa shape index (κ3) is 2.43. The van der Waals surface area contributed by atoms with Gasteiger partial charge in [0.2, 0.25) is 5.16 Å². The third-order valence-corrected chi connectivity index (χ3v) is 3.84. The lowest BCUT2D eigenvalue weighted by Gasteiger charge is -2.05. The van der Waals surface area contributed by atoms with Gasteiger partial charge in [-0.25, -0.2) is 9.97 Å². The zero-order chi connectivity index (χ0) is 13.9. The van der Waals surface area contributed by atoms with Crippen LogP contribution < -0.4 is 5.73 Å². The number of nitrogen functional groups attached to an aromatic ring is 1. The molecule has 0 atom stereocenters. The Morgan fingerprint density at radius 2 is 1.95 bits per heavy atom. The van der Waals surface area contributed by atoms with Gasteiger partial charge in [-0.1, -0.05) is 29.8 Å². The minimum absolute atomic E-state index is 0.225. The van der Waals surface area contributed by atoms with Gasteiger partial charge in [0.25, 0.3) is 0 Å². The number of tetrazole rings is 1. The SMILES string of the molecule is Nc1ncnc(Sc2nnnn2-c2ccccc2)c1Cl. The fraction of sp³-hybridized carbons (Fsp3) is 0. The number of hydrogen-bond acceptors (Lipinski definition) is 7. The molecule has 1 aromatic carbocycles. The third-order valence-electron chi connectivity index (χ3n) is 2.41. The first kappa shape index (κ1) is 12.8. The largest absolute Gasteiger partial charge is 0.382 e. The van der Waals surface area contributed by atoms with E-state index in [4.69, 9.17) is 17.3 Å². The van der Waals surface area contributed by atoms with Gasteiger partial charge in [0.15, 0.2) is 0 Å². The standard InChI is InChI=1S/C11H8ClN7S/c12-8-9(13)14-6-15-10(8)20-11-16-17-18-19(11)7-4-2-1-3-5-7/h1-6H,(H2,13,14,15). The smallest absolute Gasteiger partial charge is 0.220 e. The number of benzene rings is 1. The van der Waals surface area contributed by atoms with Crippen LogP contribution in [0, 0.1) is 0 Å². The monoisotopic (exact) mass is 305 g/mol. The van der Waals surface area contributed by atoms with E-state index in [1.54, 1.807) is 4.68 Å². The normalized spacial score (nSPS) is 10.7. The van der Waals surface area contributed by atoms with Gasteiger partial charge >= 0.3 is 0 Å². The van der Waals surface area contributed by atoms with Crippen LogP contribution in [0.4, 0.5) is 5.82 Å². The highest BCUT2D eigenvalue weighted by Gasteiger charge is 2.14. The molecule has 3 aromatic rings. The highest BCUT2D eigenvalue weighted by molar-refractivity contribution is 7.99. The molecule has 2 aromatic heterocycles. The van der Waals surface area contributed by atoms with Crippen LogP contribution in [-0.2, 0) is 0 Å². The predicted molar refractivity (Wildman–Crippen MR) is 74.7 cm³/mol. The second kappa shape index (κ2) is 5.43. The summed E-state index contributed by atoms with van der Waals surface area (Å²) in [5.74, 6) is 0.225. The second-order valence-corrected chi connectivity index (χ2v) is 5.02. The van der Waals surface area contributed by atoms with Crippen molar-refractivity contribution >= 4 is 29.2 Å². The van der Waals surface area contributed by atoms with Crippen LogP contribution in [0.3, 0.4) is 0 Å². The van der Waals surface area contributed by atoms with E-state index in [0.717, 1.165) is 5.69 Å². The maximum absolute atomic E-state index is 6.06. The van der Waals surface area contributed by atoms with Crippen LogP contribution in [-0.4, -0.2) is 30.2 Å². The average molecular weight is 306 g/mol. The highest BCUT2D eigenvalue weighted by Crippen LogP contribution is 2.32. The minimum Gasteiger partial charge on any atom is -0.382 e. The number of rotatable bonds is 3. The molecule has 0 amide bonds. The maximum atomic E-state index is 6.06. The summed E-state index contributed by atoms with van der Waals surface area (Å²) in [6.45, 7) is 0. The van der Waals surface area contributed by atoms with Crippen molar-refractivity contribution in [2.75, 3.05) is 5.73 Å². The fourth-order valence-electron chi connectivity index (χ4n) is 1.50. The molecule has 0 saturated carbocycles. The topological polar surface area (TPSA) is 95.4 Å². The van der Waals surface area contributed by atoms with E-state index < -0.39 is 0 Å². The quantitative estimate of drug-likeness (QED) is 0.737. The molecule has 0 bridgehead atoms.